The third-order valence-corrected chi connectivity index (χ3v) is 2.78. The molecule has 1 aliphatic heterocycles. The highest BCUT2D eigenvalue weighted by atomic mass is 16.5. The van der Waals surface area contributed by atoms with Crippen LogP contribution in [-0.4, -0.2) is 24.3 Å². The first-order chi connectivity index (χ1) is 7.27. The molecule has 1 aliphatic rings. The van der Waals surface area contributed by atoms with Gasteiger partial charge in [0, 0.05) is 13.2 Å². The first-order valence-electron chi connectivity index (χ1n) is 5.16. The minimum absolute atomic E-state index is 0.421. The number of ether oxygens (including phenoxy) is 1. The lowest BCUT2D eigenvalue weighted by molar-refractivity contribution is 0.0695. The molecule has 80 valence electrons. The molecule has 0 spiro atoms. The summed E-state index contributed by atoms with van der Waals surface area (Å²) in [6.07, 6.45) is 1.84. The minimum atomic E-state index is -0.843. The molecule has 0 aromatic heterocycles. The highest BCUT2D eigenvalue weighted by molar-refractivity contribution is 5.89. The van der Waals surface area contributed by atoms with E-state index < -0.39 is 5.97 Å². The summed E-state index contributed by atoms with van der Waals surface area (Å²) in [7, 11) is 0. The Morgan fingerprint density at radius 2 is 2.27 bits per heavy atom. The molecule has 1 saturated heterocycles. The summed E-state index contributed by atoms with van der Waals surface area (Å²) in [5.41, 5.74) is 1.34. The fourth-order valence-corrected chi connectivity index (χ4v) is 1.96. The van der Waals surface area contributed by atoms with Gasteiger partial charge in [-0.25, -0.2) is 4.79 Å². The maximum atomic E-state index is 11.0. The Morgan fingerprint density at radius 3 is 2.93 bits per heavy atom. The second kappa shape index (κ2) is 4.45. The Kier molecular flexibility index (Phi) is 3.02. The van der Waals surface area contributed by atoms with E-state index in [1.807, 2.05) is 12.1 Å². The zero-order valence-corrected chi connectivity index (χ0v) is 8.48. The van der Waals surface area contributed by atoms with Crippen molar-refractivity contribution < 1.29 is 14.6 Å². The summed E-state index contributed by atoms with van der Waals surface area (Å²) >= 11 is 0. The van der Waals surface area contributed by atoms with Gasteiger partial charge in [-0.1, -0.05) is 18.2 Å². The Hall–Kier alpha value is -1.35. The standard InChI is InChI=1S/C12H14O3/c13-12(14)11-4-2-1-3-10(11)7-9-5-6-15-8-9/h1-4,9H,5-8H2,(H,13,14). The lowest BCUT2D eigenvalue weighted by Crippen LogP contribution is -2.08. The molecule has 0 aliphatic carbocycles. The Balaban J connectivity index is 2.15. The van der Waals surface area contributed by atoms with Gasteiger partial charge in [-0.05, 0) is 30.4 Å². The van der Waals surface area contributed by atoms with Crippen LogP contribution in [0.4, 0.5) is 0 Å². The summed E-state index contributed by atoms with van der Waals surface area (Å²) in [6.45, 7) is 1.56. The molecule has 1 N–H and O–H groups in total. The molecule has 3 nitrogen and oxygen atoms in total. The second-order valence-corrected chi connectivity index (χ2v) is 3.90. The van der Waals surface area contributed by atoms with E-state index in [2.05, 4.69) is 0 Å². The average molecular weight is 206 g/mol. The quantitative estimate of drug-likeness (QED) is 0.822. The third kappa shape index (κ3) is 2.36. The summed E-state index contributed by atoms with van der Waals surface area (Å²) in [5, 5.41) is 9.01. The lowest BCUT2D eigenvalue weighted by atomic mass is 9.95. The number of carboxylic acid groups (broad SMARTS) is 1. The number of rotatable bonds is 3. The van der Waals surface area contributed by atoms with Crippen LogP contribution in [0.25, 0.3) is 0 Å². The Morgan fingerprint density at radius 1 is 1.47 bits per heavy atom. The molecule has 3 heteroatoms. The smallest absolute Gasteiger partial charge is 0.335 e. The highest BCUT2D eigenvalue weighted by Crippen LogP contribution is 2.20. The van der Waals surface area contributed by atoms with Crippen LogP contribution in [0, 0.1) is 5.92 Å². The fraction of sp³-hybridized carbons (Fsp3) is 0.417. The number of benzene rings is 1. The molecule has 0 bridgehead atoms. The topological polar surface area (TPSA) is 46.5 Å². The van der Waals surface area contributed by atoms with Gasteiger partial charge in [-0.15, -0.1) is 0 Å². The molecule has 1 atom stereocenters. The summed E-state index contributed by atoms with van der Waals surface area (Å²) in [4.78, 5) is 11.0. The predicted octanol–water partition coefficient (Wildman–Crippen LogP) is 1.96. The molecule has 15 heavy (non-hydrogen) atoms. The summed E-state index contributed by atoms with van der Waals surface area (Å²) in [5.74, 6) is -0.366. The minimum Gasteiger partial charge on any atom is -0.478 e. The zero-order valence-electron chi connectivity index (χ0n) is 8.48. The van der Waals surface area contributed by atoms with Crippen LogP contribution in [0.2, 0.25) is 0 Å². The van der Waals surface area contributed by atoms with Crippen molar-refractivity contribution >= 4 is 5.97 Å². The normalized spacial score (nSPS) is 20.4. The maximum Gasteiger partial charge on any atom is 0.335 e. The number of hydrogen-bond donors (Lipinski definition) is 1. The van der Waals surface area contributed by atoms with E-state index in [0.717, 1.165) is 31.6 Å². The van der Waals surface area contributed by atoms with E-state index in [9.17, 15) is 4.79 Å². The number of aromatic carboxylic acids is 1. The average Bonchev–Trinajstić information content (AvgIpc) is 2.71. The molecule has 1 aromatic rings. The van der Waals surface area contributed by atoms with Crippen LogP contribution in [0.1, 0.15) is 22.3 Å². The van der Waals surface area contributed by atoms with Gasteiger partial charge in [-0.2, -0.15) is 0 Å². The highest BCUT2D eigenvalue weighted by Gasteiger charge is 2.18. The molecule has 1 heterocycles. The van der Waals surface area contributed by atoms with Gasteiger partial charge in [0.25, 0.3) is 0 Å². The van der Waals surface area contributed by atoms with E-state index in [4.69, 9.17) is 9.84 Å². The first-order valence-corrected chi connectivity index (χ1v) is 5.16. The summed E-state index contributed by atoms with van der Waals surface area (Å²) < 4.78 is 5.28. The monoisotopic (exact) mass is 206 g/mol. The van der Waals surface area contributed by atoms with Gasteiger partial charge in [0.15, 0.2) is 0 Å². The van der Waals surface area contributed by atoms with Crippen LogP contribution in [0.15, 0.2) is 24.3 Å². The number of carboxylic acids is 1. The van der Waals surface area contributed by atoms with E-state index >= 15 is 0 Å². The molecule has 0 saturated carbocycles. The van der Waals surface area contributed by atoms with Gasteiger partial charge in [0.1, 0.15) is 0 Å². The Labute approximate surface area is 88.7 Å². The molecule has 1 fully saturated rings. The summed E-state index contributed by atoms with van der Waals surface area (Å²) in [6, 6.07) is 7.20. The van der Waals surface area contributed by atoms with Gasteiger partial charge in [0.2, 0.25) is 0 Å². The third-order valence-electron chi connectivity index (χ3n) is 2.78. The molecule has 0 amide bonds. The van der Waals surface area contributed by atoms with Crippen molar-refractivity contribution in [1.82, 2.24) is 0 Å². The van der Waals surface area contributed by atoms with Crippen molar-refractivity contribution in [2.75, 3.05) is 13.2 Å². The van der Waals surface area contributed by atoms with Crippen molar-refractivity contribution in [2.24, 2.45) is 5.92 Å². The van der Waals surface area contributed by atoms with Crippen molar-refractivity contribution in [1.29, 1.82) is 0 Å². The van der Waals surface area contributed by atoms with Crippen LogP contribution in [0.3, 0.4) is 0 Å². The van der Waals surface area contributed by atoms with Crippen molar-refractivity contribution in [2.45, 2.75) is 12.8 Å². The fourth-order valence-electron chi connectivity index (χ4n) is 1.96. The first kappa shape index (κ1) is 10.2. The number of carbonyl (C=O) groups is 1. The van der Waals surface area contributed by atoms with E-state index in [1.54, 1.807) is 12.1 Å². The van der Waals surface area contributed by atoms with Crippen molar-refractivity contribution in [3.05, 3.63) is 35.4 Å². The molecule has 2 rings (SSSR count). The maximum absolute atomic E-state index is 11.0. The predicted molar refractivity (Wildman–Crippen MR) is 56.0 cm³/mol. The SMILES string of the molecule is O=C(O)c1ccccc1CC1CCOC1. The lowest BCUT2D eigenvalue weighted by Gasteiger charge is -2.09. The van der Waals surface area contributed by atoms with Crippen LogP contribution in [0.5, 0.6) is 0 Å². The van der Waals surface area contributed by atoms with Gasteiger partial charge >= 0.3 is 5.97 Å². The molecular weight excluding hydrogens is 192 g/mol. The van der Waals surface area contributed by atoms with Crippen LogP contribution < -0.4 is 0 Å². The van der Waals surface area contributed by atoms with Gasteiger partial charge in [0.05, 0.1) is 5.56 Å². The van der Waals surface area contributed by atoms with Crippen LogP contribution >= 0.6 is 0 Å². The molecular formula is C12H14O3. The number of hydrogen-bond acceptors (Lipinski definition) is 2. The molecule has 0 radical (unpaired) electrons. The van der Waals surface area contributed by atoms with Crippen LogP contribution in [-0.2, 0) is 11.2 Å². The van der Waals surface area contributed by atoms with Crippen molar-refractivity contribution in [3.63, 3.8) is 0 Å². The van der Waals surface area contributed by atoms with Gasteiger partial charge < -0.3 is 9.84 Å². The van der Waals surface area contributed by atoms with Gasteiger partial charge in [-0.3, -0.25) is 0 Å². The van der Waals surface area contributed by atoms with E-state index in [1.165, 1.54) is 0 Å². The largest absolute Gasteiger partial charge is 0.478 e. The van der Waals surface area contributed by atoms with E-state index in [-0.39, 0.29) is 0 Å². The molecule has 1 unspecified atom stereocenters. The zero-order chi connectivity index (χ0) is 10.7. The Bertz CT molecular complexity index is 354. The van der Waals surface area contributed by atoms with E-state index in [0.29, 0.717) is 11.5 Å². The molecule has 1 aromatic carbocycles. The second-order valence-electron chi connectivity index (χ2n) is 3.90. The van der Waals surface area contributed by atoms with Crippen molar-refractivity contribution in [3.8, 4) is 0 Å².